The lowest BCUT2D eigenvalue weighted by molar-refractivity contribution is 0.0692. The molecule has 8 heteroatoms. The first-order valence-corrected chi connectivity index (χ1v) is 7.35. The van der Waals surface area contributed by atoms with Crippen molar-refractivity contribution in [3.63, 3.8) is 0 Å². The molecule has 2 aromatic heterocycles. The summed E-state index contributed by atoms with van der Waals surface area (Å²) in [5.74, 6) is -0.473. The van der Waals surface area contributed by atoms with Crippen LogP contribution in [0.2, 0.25) is 5.02 Å². The average Bonchev–Trinajstić information content (AvgIpc) is 2.94. The summed E-state index contributed by atoms with van der Waals surface area (Å²) >= 11 is 6.10. The Hall–Kier alpha value is -2.93. The van der Waals surface area contributed by atoms with Gasteiger partial charge in [-0.1, -0.05) is 17.7 Å². The second-order valence-corrected chi connectivity index (χ2v) is 5.37. The van der Waals surface area contributed by atoms with Crippen LogP contribution in [0.15, 0.2) is 46.6 Å². The number of hydrogen-bond donors (Lipinski definition) is 1. The van der Waals surface area contributed by atoms with Crippen LogP contribution in [0, 0.1) is 6.92 Å². The van der Waals surface area contributed by atoms with Crippen molar-refractivity contribution >= 4 is 34.7 Å². The predicted molar refractivity (Wildman–Crippen MR) is 89.1 cm³/mol. The largest absolute Gasteiger partial charge is 0.497 e. The van der Waals surface area contributed by atoms with Crippen LogP contribution in [0.4, 0.5) is 11.5 Å². The van der Waals surface area contributed by atoms with Crippen LogP contribution < -0.4 is 4.74 Å². The molecule has 3 aromatic rings. The molecule has 0 saturated heterocycles. The number of rotatable bonds is 4. The molecule has 0 fully saturated rings. The van der Waals surface area contributed by atoms with Gasteiger partial charge in [-0.15, -0.1) is 10.2 Å². The molecule has 24 heavy (non-hydrogen) atoms. The van der Waals surface area contributed by atoms with Crippen LogP contribution >= 0.6 is 11.6 Å². The maximum atomic E-state index is 11.5. The monoisotopic (exact) mass is 344 g/mol. The van der Waals surface area contributed by atoms with Crippen molar-refractivity contribution in [2.75, 3.05) is 7.11 Å². The Morgan fingerprint density at radius 3 is 2.79 bits per heavy atom. The van der Waals surface area contributed by atoms with E-state index in [9.17, 15) is 9.90 Å². The molecule has 0 aliphatic carbocycles. The van der Waals surface area contributed by atoms with Gasteiger partial charge in [-0.05, 0) is 31.2 Å². The number of carbonyl (C=O) groups is 1. The van der Waals surface area contributed by atoms with Crippen LogP contribution in [0.3, 0.4) is 0 Å². The van der Waals surface area contributed by atoms with Gasteiger partial charge < -0.3 is 9.84 Å². The van der Waals surface area contributed by atoms with Crippen molar-refractivity contribution in [3.8, 4) is 5.75 Å². The Balaban J connectivity index is 2.16. The Bertz CT molecular complexity index is 965. The molecule has 0 saturated carbocycles. The van der Waals surface area contributed by atoms with E-state index in [0.29, 0.717) is 22.1 Å². The molecule has 0 amide bonds. The highest BCUT2D eigenvalue weighted by atomic mass is 35.5. The number of pyridine rings is 1. The van der Waals surface area contributed by atoms with Crippen molar-refractivity contribution in [1.29, 1.82) is 0 Å². The first-order valence-electron chi connectivity index (χ1n) is 6.98. The number of azo groups is 1. The van der Waals surface area contributed by atoms with E-state index in [2.05, 4.69) is 15.2 Å². The van der Waals surface area contributed by atoms with Gasteiger partial charge in [0, 0.05) is 11.8 Å². The summed E-state index contributed by atoms with van der Waals surface area (Å²) in [6.07, 6.45) is 0. The molecule has 0 radical (unpaired) electrons. The van der Waals surface area contributed by atoms with Gasteiger partial charge in [-0.3, -0.25) is 4.40 Å². The molecular weight excluding hydrogens is 332 g/mol. The molecule has 122 valence electrons. The summed E-state index contributed by atoms with van der Waals surface area (Å²) in [6, 6.07) is 10.3. The lowest BCUT2D eigenvalue weighted by Crippen LogP contribution is -1.97. The summed E-state index contributed by atoms with van der Waals surface area (Å²) in [7, 11) is 1.53. The van der Waals surface area contributed by atoms with Crippen LogP contribution in [0.25, 0.3) is 5.65 Å². The first kappa shape index (κ1) is 15.9. The predicted octanol–water partition coefficient (Wildman–Crippen LogP) is 4.42. The number of aryl methyl sites for hydroxylation is 1. The number of methoxy groups -OCH3 is 1. The maximum absolute atomic E-state index is 11.5. The van der Waals surface area contributed by atoms with Crippen molar-refractivity contribution in [2.45, 2.75) is 6.92 Å². The zero-order valence-corrected chi connectivity index (χ0v) is 13.7. The highest BCUT2D eigenvalue weighted by Crippen LogP contribution is 2.32. The Morgan fingerprint density at radius 2 is 2.08 bits per heavy atom. The van der Waals surface area contributed by atoms with E-state index in [0.717, 1.165) is 5.69 Å². The van der Waals surface area contributed by atoms with Gasteiger partial charge in [-0.2, -0.15) is 0 Å². The topological polar surface area (TPSA) is 88.5 Å². The Kier molecular flexibility index (Phi) is 4.18. The molecule has 1 N–H and O–H groups in total. The quantitative estimate of drug-likeness (QED) is 0.709. The summed E-state index contributed by atoms with van der Waals surface area (Å²) in [4.78, 5) is 15.6. The van der Waals surface area contributed by atoms with E-state index < -0.39 is 5.97 Å². The lowest BCUT2D eigenvalue weighted by atomic mass is 10.3. The normalized spacial score (nSPS) is 11.3. The van der Waals surface area contributed by atoms with Crippen molar-refractivity contribution in [3.05, 3.63) is 52.8 Å². The molecule has 0 aliphatic rings. The maximum Gasteiger partial charge on any atom is 0.358 e. The smallest absolute Gasteiger partial charge is 0.358 e. The number of benzene rings is 1. The van der Waals surface area contributed by atoms with Gasteiger partial charge in [-0.25, -0.2) is 9.78 Å². The van der Waals surface area contributed by atoms with Crippen LogP contribution in [0.5, 0.6) is 5.75 Å². The number of aromatic carboxylic acids is 1. The van der Waals surface area contributed by atoms with E-state index in [-0.39, 0.29) is 11.5 Å². The molecule has 1 aromatic carbocycles. The van der Waals surface area contributed by atoms with E-state index in [1.54, 1.807) is 34.7 Å². The van der Waals surface area contributed by atoms with Crippen molar-refractivity contribution in [2.24, 2.45) is 10.2 Å². The Labute approximate surface area is 142 Å². The third-order valence-corrected chi connectivity index (χ3v) is 3.74. The fourth-order valence-electron chi connectivity index (χ4n) is 2.27. The number of carboxylic acid groups (broad SMARTS) is 1. The molecule has 0 spiro atoms. The molecule has 0 aliphatic heterocycles. The zero-order valence-electron chi connectivity index (χ0n) is 12.9. The highest BCUT2D eigenvalue weighted by Gasteiger charge is 2.19. The highest BCUT2D eigenvalue weighted by molar-refractivity contribution is 6.33. The second kappa shape index (κ2) is 6.29. The van der Waals surface area contributed by atoms with E-state index in [1.165, 1.54) is 7.11 Å². The number of ether oxygens (including phenoxy) is 1. The standard InChI is InChI=1S/C16H13ClN4O3/c1-9-4-3-5-13-18-14(16(22)23)15(21(9)13)20-19-12-8-10(24-2)6-7-11(12)17/h3-8H,1-2H3,(H,22,23). The number of aromatic nitrogens is 2. The zero-order chi connectivity index (χ0) is 17.3. The fraction of sp³-hybridized carbons (Fsp3) is 0.125. The number of halogens is 1. The van der Waals surface area contributed by atoms with Crippen molar-refractivity contribution in [1.82, 2.24) is 9.38 Å². The molecular formula is C16H13ClN4O3. The molecule has 3 rings (SSSR count). The number of imidazole rings is 1. The number of nitrogens with zero attached hydrogens (tertiary/aromatic N) is 4. The van der Waals surface area contributed by atoms with Crippen LogP contribution in [-0.2, 0) is 0 Å². The van der Waals surface area contributed by atoms with E-state index >= 15 is 0 Å². The van der Waals surface area contributed by atoms with E-state index in [1.807, 2.05) is 13.0 Å². The van der Waals surface area contributed by atoms with Gasteiger partial charge in [0.1, 0.15) is 17.1 Å². The average molecular weight is 345 g/mol. The third kappa shape index (κ3) is 2.81. The van der Waals surface area contributed by atoms with Gasteiger partial charge in [0.25, 0.3) is 0 Å². The van der Waals surface area contributed by atoms with Crippen LogP contribution in [0.1, 0.15) is 16.2 Å². The number of fused-ring (bicyclic) bond motifs is 1. The van der Waals surface area contributed by atoms with Gasteiger partial charge in [0.05, 0.1) is 12.1 Å². The number of carboxylic acids is 1. The minimum absolute atomic E-state index is 0.134. The van der Waals surface area contributed by atoms with Crippen LogP contribution in [-0.4, -0.2) is 27.6 Å². The first-order chi connectivity index (χ1) is 11.5. The molecule has 0 atom stereocenters. The van der Waals surface area contributed by atoms with Gasteiger partial charge in [0.2, 0.25) is 0 Å². The summed E-state index contributed by atoms with van der Waals surface area (Å²) in [5.41, 5.74) is 1.47. The summed E-state index contributed by atoms with van der Waals surface area (Å²) < 4.78 is 6.75. The number of hydrogen-bond acceptors (Lipinski definition) is 5. The molecule has 2 heterocycles. The summed E-state index contributed by atoms with van der Waals surface area (Å²) in [6.45, 7) is 1.83. The molecule has 7 nitrogen and oxygen atoms in total. The minimum atomic E-state index is -1.18. The Morgan fingerprint density at radius 1 is 1.29 bits per heavy atom. The fourth-order valence-corrected chi connectivity index (χ4v) is 2.42. The summed E-state index contributed by atoms with van der Waals surface area (Å²) in [5, 5.41) is 17.9. The minimum Gasteiger partial charge on any atom is -0.497 e. The van der Waals surface area contributed by atoms with Gasteiger partial charge >= 0.3 is 5.97 Å². The lowest BCUT2D eigenvalue weighted by Gasteiger charge is -2.03. The molecule has 0 bridgehead atoms. The van der Waals surface area contributed by atoms with Crippen molar-refractivity contribution < 1.29 is 14.6 Å². The molecule has 0 unspecified atom stereocenters. The van der Waals surface area contributed by atoms with Gasteiger partial charge in [0.15, 0.2) is 11.5 Å². The SMILES string of the molecule is COc1ccc(Cl)c(N=Nc2c(C(=O)O)nc3cccc(C)n23)c1. The van der Waals surface area contributed by atoms with E-state index in [4.69, 9.17) is 16.3 Å². The second-order valence-electron chi connectivity index (χ2n) is 4.97. The third-order valence-electron chi connectivity index (χ3n) is 3.42.